The zero-order valence-corrected chi connectivity index (χ0v) is 16.0. The Kier molecular flexibility index (Phi) is 6.01. The molecular formula is C16H20BrN3O2S. The van der Waals surface area contributed by atoms with Gasteiger partial charge in [-0.25, -0.2) is 9.78 Å². The van der Waals surface area contributed by atoms with Gasteiger partial charge in [0.1, 0.15) is 5.75 Å². The Balaban J connectivity index is 1.97. The van der Waals surface area contributed by atoms with E-state index in [1.165, 1.54) is 0 Å². The van der Waals surface area contributed by atoms with E-state index in [1.54, 1.807) is 30.4 Å². The molecule has 0 aliphatic rings. The van der Waals surface area contributed by atoms with Crippen LogP contribution in [0.2, 0.25) is 0 Å². The van der Waals surface area contributed by atoms with E-state index in [2.05, 4.69) is 26.2 Å². The highest BCUT2D eigenvalue weighted by atomic mass is 79.9. The quantitative estimate of drug-likeness (QED) is 0.824. The van der Waals surface area contributed by atoms with E-state index in [0.717, 1.165) is 26.5 Å². The number of amides is 2. The van der Waals surface area contributed by atoms with Gasteiger partial charge < -0.3 is 15.0 Å². The van der Waals surface area contributed by atoms with Crippen molar-refractivity contribution in [3.63, 3.8) is 0 Å². The van der Waals surface area contributed by atoms with Crippen molar-refractivity contribution >= 4 is 33.3 Å². The van der Waals surface area contributed by atoms with Gasteiger partial charge in [-0.2, -0.15) is 0 Å². The molecule has 0 saturated heterocycles. The van der Waals surface area contributed by atoms with Crippen LogP contribution in [0.3, 0.4) is 0 Å². The zero-order chi connectivity index (χ0) is 17.0. The van der Waals surface area contributed by atoms with Gasteiger partial charge in [0, 0.05) is 12.4 Å². The van der Waals surface area contributed by atoms with Crippen molar-refractivity contribution in [2.24, 2.45) is 0 Å². The summed E-state index contributed by atoms with van der Waals surface area (Å²) < 4.78 is 6.08. The maximum Gasteiger partial charge on any atom is 0.317 e. The van der Waals surface area contributed by atoms with Crippen LogP contribution in [-0.4, -0.2) is 30.1 Å². The first kappa shape index (κ1) is 17.7. The van der Waals surface area contributed by atoms with Crippen molar-refractivity contribution in [3.05, 3.63) is 44.3 Å². The first-order valence-corrected chi connectivity index (χ1v) is 8.84. The molecule has 1 N–H and O–H groups in total. The Bertz CT molecular complexity index is 690. The van der Waals surface area contributed by atoms with E-state index in [4.69, 9.17) is 4.74 Å². The SMILES string of the molecule is COc1ccc(C(C)NC(=O)N(C)Cc2csc(C)n2)cc1Br. The number of carbonyl (C=O) groups excluding carboxylic acids is 1. The smallest absolute Gasteiger partial charge is 0.317 e. The fraction of sp³-hybridized carbons (Fsp3) is 0.375. The third kappa shape index (κ3) is 4.68. The minimum Gasteiger partial charge on any atom is -0.496 e. The number of hydrogen-bond acceptors (Lipinski definition) is 4. The third-order valence-corrected chi connectivity index (χ3v) is 4.87. The highest BCUT2D eigenvalue weighted by molar-refractivity contribution is 9.10. The maximum absolute atomic E-state index is 12.3. The summed E-state index contributed by atoms with van der Waals surface area (Å²) in [4.78, 5) is 18.3. The molecule has 5 nitrogen and oxygen atoms in total. The number of ether oxygens (including phenoxy) is 1. The van der Waals surface area contributed by atoms with Gasteiger partial charge in [0.05, 0.1) is 34.9 Å². The van der Waals surface area contributed by atoms with E-state index < -0.39 is 0 Å². The van der Waals surface area contributed by atoms with Crippen LogP contribution < -0.4 is 10.1 Å². The van der Waals surface area contributed by atoms with Gasteiger partial charge in [-0.1, -0.05) is 6.07 Å². The van der Waals surface area contributed by atoms with Gasteiger partial charge in [0.2, 0.25) is 0 Å². The normalized spacial score (nSPS) is 11.9. The molecule has 0 aliphatic heterocycles. The lowest BCUT2D eigenvalue weighted by Crippen LogP contribution is -2.38. The number of hydrogen-bond donors (Lipinski definition) is 1. The zero-order valence-electron chi connectivity index (χ0n) is 13.6. The van der Waals surface area contributed by atoms with Crippen molar-refractivity contribution in [2.45, 2.75) is 26.4 Å². The Morgan fingerprint density at radius 2 is 2.26 bits per heavy atom. The highest BCUT2D eigenvalue weighted by Crippen LogP contribution is 2.28. The molecule has 1 aromatic heterocycles. The largest absolute Gasteiger partial charge is 0.496 e. The lowest BCUT2D eigenvalue weighted by Gasteiger charge is -2.21. The van der Waals surface area contributed by atoms with Crippen molar-refractivity contribution in [3.8, 4) is 5.75 Å². The van der Waals surface area contributed by atoms with Crippen LogP contribution in [0.4, 0.5) is 4.79 Å². The Hall–Kier alpha value is -1.60. The van der Waals surface area contributed by atoms with Gasteiger partial charge >= 0.3 is 6.03 Å². The van der Waals surface area contributed by atoms with Crippen molar-refractivity contribution < 1.29 is 9.53 Å². The summed E-state index contributed by atoms with van der Waals surface area (Å²) in [5.41, 5.74) is 1.91. The summed E-state index contributed by atoms with van der Waals surface area (Å²) in [6.45, 7) is 4.40. The number of nitrogens with one attached hydrogen (secondary N) is 1. The predicted octanol–water partition coefficient (Wildman–Crippen LogP) is 4.13. The molecule has 2 amide bonds. The maximum atomic E-state index is 12.3. The molecule has 0 saturated carbocycles. The predicted molar refractivity (Wildman–Crippen MR) is 96.0 cm³/mol. The average molecular weight is 398 g/mol. The number of rotatable bonds is 5. The molecule has 0 bridgehead atoms. The number of carbonyl (C=O) groups is 1. The van der Waals surface area contributed by atoms with E-state index >= 15 is 0 Å². The molecular weight excluding hydrogens is 378 g/mol. The highest BCUT2D eigenvalue weighted by Gasteiger charge is 2.15. The molecule has 2 aromatic rings. The molecule has 0 aliphatic carbocycles. The fourth-order valence-electron chi connectivity index (χ4n) is 2.13. The van der Waals surface area contributed by atoms with Gasteiger partial charge in [-0.3, -0.25) is 0 Å². The molecule has 0 fully saturated rings. The molecule has 0 radical (unpaired) electrons. The minimum atomic E-state index is -0.130. The second kappa shape index (κ2) is 7.79. The molecule has 23 heavy (non-hydrogen) atoms. The molecule has 2 rings (SSSR count). The third-order valence-electron chi connectivity index (χ3n) is 3.43. The Morgan fingerprint density at radius 3 is 2.83 bits per heavy atom. The number of methoxy groups -OCH3 is 1. The lowest BCUT2D eigenvalue weighted by molar-refractivity contribution is 0.203. The van der Waals surface area contributed by atoms with E-state index in [1.807, 2.05) is 37.4 Å². The second-order valence-corrected chi connectivity index (χ2v) is 7.20. The fourth-order valence-corrected chi connectivity index (χ4v) is 3.29. The Labute approximate surface area is 148 Å². The van der Waals surface area contributed by atoms with Crippen LogP contribution in [0, 0.1) is 6.92 Å². The number of thiazole rings is 1. The van der Waals surface area contributed by atoms with Crippen molar-refractivity contribution in [1.29, 1.82) is 0 Å². The van der Waals surface area contributed by atoms with Gasteiger partial charge in [-0.05, 0) is 47.5 Å². The van der Waals surface area contributed by atoms with Crippen LogP contribution in [0.5, 0.6) is 5.75 Å². The summed E-state index contributed by atoms with van der Waals surface area (Å²) in [6.07, 6.45) is 0. The number of urea groups is 1. The van der Waals surface area contributed by atoms with E-state index in [9.17, 15) is 4.79 Å². The summed E-state index contributed by atoms with van der Waals surface area (Å²) in [5.74, 6) is 0.767. The second-order valence-electron chi connectivity index (χ2n) is 5.28. The number of aryl methyl sites for hydroxylation is 1. The summed E-state index contributed by atoms with van der Waals surface area (Å²) >= 11 is 5.05. The molecule has 1 unspecified atom stereocenters. The van der Waals surface area contributed by atoms with E-state index in [-0.39, 0.29) is 12.1 Å². The molecule has 0 spiro atoms. The molecule has 7 heteroatoms. The van der Waals surface area contributed by atoms with Crippen molar-refractivity contribution in [2.75, 3.05) is 14.2 Å². The van der Waals surface area contributed by atoms with Crippen LogP contribution in [0.1, 0.15) is 29.2 Å². The van der Waals surface area contributed by atoms with Gasteiger partial charge in [0.25, 0.3) is 0 Å². The van der Waals surface area contributed by atoms with Crippen LogP contribution in [-0.2, 0) is 6.54 Å². The van der Waals surface area contributed by atoms with Crippen LogP contribution in [0.15, 0.2) is 28.1 Å². The minimum absolute atomic E-state index is 0.107. The standard InChI is InChI=1S/C16H20BrN3O2S/c1-10(12-5-6-15(22-4)14(17)7-12)18-16(21)20(3)8-13-9-23-11(2)19-13/h5-7,9-10H,8H2,1-4H3,(H,18,21). The first-order valence-electron chi connectivity index (χ1n) is 7.16. The number of halogens is 1. The summed E-state index contributed by atoms with van der Waals surface area (Å²) in [5, 5.41) is 5.97. The molecule has 1 heterocycles. The van der Waals surface area contributed by atoms with Gasteiger partial charge in [-0.15, -0.1) is 11.3 Å². The summed E-state index contributed by atoms with van der Waals surface area (Å²) in [6, 6.07) is 5.54. The Morgan fingerprint density at radius 1 is 1.52 bits per heavy atom. The molecule has 1 aromatic carbocycles. The van der Waals surface area contributed by atoms with E-state index in [0.29, 0.717) is 6.54 Å². The lowest BCUT2D eigenvalue weighted by atomic mass is 10.1. The average Bonchev–Trinajstić information content (AvgIpc) is 2.92. The summed E-state index contributed by atoms with van der Waals surface area (Å²) in [7, 11) is 3.39. The molecule has 124 valence electrons. The molecule has 1 atom stereocenters. The number of benzene rings is 1. The topological polar surface area (TPSA) is 54.5 Å². The first-order chi connectivity index (χ1) is 10.9. The van der Waals surface area contributed by atoms with Crippen molar-refractivity contribution in [1.82, 2.24) is 15.2 Å². The monoisotopic (exact) mass is 397 g/mol. The van der Waals surface area contributed by atoms with Crippen LogP contribution >= 0.6 is 27.3 Å². The number of nitrogens with zero attached hydrogens (tertiary/aromatic N) is 2. The number of aromatic nitrogens is 1. The van der Waals surface area contributed by atoms with Crippen LogP contribution in [0.25, 0.3) is 0 Å². The van der Waals surface area contributed by atoms with Gasteiger partial charge in [0.15, 0.2) is 0 Å².